The molecular formula is C16H27NS. The average Bonchev–Trinajstić information content (AvgIpc) is 2.90. The summed E-state index contributed by atoms with van der Waals surface area (Å²) >= 11 is 1.86. The van der Waals surface area contributed by atoms with Crippen molar-refractivity contribution in [2.24, 2.45) is 11.3 Å². The van der Waals surface area contributed by atoms with E-state index in [0.29, 0.717) is 5.41 Å². The highest BCUT2D eigenvalue weighted by atomic mass is 32.1. The third-order valence-electron chi connectivity index (χ3n) is 4.89. The van der Waals surface area contributed by atoms with Gasteiger partial charge in [0.2, 0.25) is 0 Å². The Hall–Kier alpha value is -0.340. The molecular weight excluding hydrogens is 238 g/mol. The number of hydrogen-bond acceptors (Lipinski definition) is 2. The normalized spacial score (nSPS) is 25.3. The molecule has 18 heavy (non-hydrogen) atoms. The molecule has 0 radical (unpaired) electrons. The highest BCUT2D eigenvalue weighted by Crippen LogP contribution is 2.40. The van der Waals surface area contributed by atoms with Crippen LogP contribution in [0.25, 0.3) is 0 Å². The first-order valence-corrected chi connectivity index (χ1v) is 8.25. The molecule has 1 aromatic rings. The molecule has 1 aliphatic carbocycles. The van der Waals surface area contributed by atoms with Crippen molar-refractivity contribution in [2.45, 2.75) is 65.5 Å². The summed E-state index contributed by atoms with van der Waals surface area (Å²) in [6.07, 6.45) is 6.84. The first kappa shape index (κ1) is 14.1. The fourth-order valence-electron chi connectivity index (χ4n) is 3.03. The Kier molecular flexibility index (Phi) is 4.85. The monoisotopic (exact) mass is 265 g/mol. The van der Waals surface area contributed by atoms with E-state index in [9.17, 15) is 0 Å². The van der Waals surface area contributed by atoms with Crippen LogP contribution in [0, 0.1) is 11.3 Å². The second kappa shape index (κ2) is 6.21. The Balaban J connectivity index is 1.73. The van der Waals surface area contributed by atoms with Gasteiger partial charge in [-0.3, -0.25) is 0 Å². The zero-order valence-corrected chi connectivity index (χ0v) is 12.9. The third kappa shape index (κ3) is 3.58. The molecule has 102 valence electrons. The highest BCUT2D eigenvalue weighted by molar-refractivity contribution is 7.09. The Morgan fingerprint density at radius 3 is 2.56 bits per heavy atom. The lowest BCUT2D eigenvalue weighted by molar-refractivity contribution is 0.137. The summed E-state index contributed by atoms with van der Waals surface area (Å²) in [5.41, 5.74) is 0.540. The molecule has 0 aromatic carbocycles. The maximum Gasteiger partial charge on any atom is 0.0302 e. The van der Waals surface area contributed by atoms with E-state index in [2.05, 4.69) is 43.6 Å². The summed E-state index contributed by atoms with van der Waals surface area (Å²) in [4.78, 5) is 1.46. The van der Waals surface area contributed by atoms with Crippen LogP contribution in [0.2, 0.25) is 0 Å². The zero-order chi connectivity index (χ0) is 13.0. The lowest BCUT2D eigenvalue weighted by Gasteiger charge is -2.39. The van der Waals surface area contributed by atoms with Crippen LogP contribution < -0.4 is 5.32 Å². The van der Waals surface area contributed by atoms with Gasteiger partial charge >= 0.3 is 0 Å². The Morgan fingerprint density at radius 2 is 2.00 bits per heavy atom. The lowest BCUT2D eigenvalue weighted by Crippen LogP contribution is -2.36. The topological polar surface area (TPSA) is 12.0 Å². The van der Waals surface area contributed by atoms with Crippen LogP contribution in [-0.2, 0) is 6.54 Å². The van der Waals surface area contributed by atoms with E-state index >= 15 is 0 Å². The van der Waals surface area contributed by atoms with Crippen molar-refractivity contribution in [3.63, 3.8) is 0 Å². The van der Waals surface area contributed by atoms with Crippen LogP contribution in [0.3, 0.4) is 0 Å². The van der Waals surface area contributed by atoms with Crippen LogP contribution >= 0.6 is 11.3 Å². The van der Waals surface area contributed by atoms with Gasteiger partial charge in [-0.1, -0.05) is 33.3 Å². The summed E-state index contributed by atoms with van der Waals surface area (Å²) in [7, 11) is 0. The Bertz CT molecular complexity index is 334. The van der Waals surface area contributed by atoms with Crippen LogP contribution in [0.1, 0.15) is 57.8 Å². The van der Waals surface area contributed by atoms with E-state index in [1.54, 1.807) is 0 Å². The summed E-state index contributed by atoms with van der Waals surface area (Å²) in [5.74, 6) is 0.933. The fraction of sp³-hybridized carbons (Fsp3) is 0.750. The van der Waals surface area contributed by atoms with Gasteiger partial charge < -0.3 is 5.32 Å². The fourth-order valence-corrected chi connectivity index (χ4v) is 3.68. The standard InChI is InChI=1S/C16H27NS/c1-4-16(2,3)13-7-9-14(10-8-13)17-12-15-6-5-11-18-15/h5-6,11,13-14,17H,4,7-10,12H2,1-3H3. The Labute approximate surface area is 116 Å². The van der Waals surface area contributed by atoms with Crippen LogP contribution in [0.15, 0.2) is 17.5 Å². The molecule has 1 heterocycles. The van der Waals surface area contributed by atoms with Gasteiger partial charge in [0, 0.05) is 17.5 Å². The molecule has 0 unspecified atom stereocenters. The lowest BCUT2D eigenvalue weighted by atomic mass is 9.69. The molecule has 0 spiro atoms. The average molecular weight is 265 g/mol. The molecule has 0 saturated heterocycles. The maximum absolute atomic E-state index is 3.72. The van der Waals surface area contributed by atoms with Crippen molar-refractivity contribution >= 4 is 11.3 Å². The van der Waals surface area contributed by atoms with Gasteiger partial charge in [-0.25, -0.2) is 0 Å². The molecule has 0 atom stereocenters. The SMILES string of the molecule is CCC(C)(C)C1CCC(NCc2cccs2)CC1. The van der Waals surface area contributed by atoms with Gasteiger partial charge in [-0.2, -0.15) is 0 Å². The van der Waals surface area contributed by atoms with E-state index < -0.39 is 0 Å². The van der Waals surface area contributed by atoms with Crippen LogP contribution in [-0.4, -0.2) is 6.04 Å². The molecule has 1 aromatic heterocycles. The van der Waals surface area contributed by atoms with E-state index in [4.69, 9.17) is 0 Å². The van der Waals surface area contributed by atoms with E-state index in [1.165, 1.54) is 37.0 Å². The molecule has 1 saturated carbocycles. The van der Waals surface area contributed by atoms with Gasteiger partial charge in [0.05, 0.1) is 0 Å². The Morgan fingerprint density at radius 1 is 1.28 bits per heavy atom. The molecule has 1 fully saturated rings. The summed E-state index contributed by atoms with van der Waals surface area (Å²) < 4.78 is 0. The van der Waals surface area contributed by atoms with E-state index in [-0.39, 0.29) is 0 Å². The predicted molar refractivity (Wildman–Crippen MR) is 81.0 cm³/mol. The number of nitrogens with one attached hydrogen (secondary N) is 1. The van der Waals surface area contributed by atoms with Crippen molar-refractivity contribution in [3.8, 4) is 0 Å². The minimum Gasteiger partial charge on any atom is -0.309 e. The van der Waals surface area contributed by atoms with Crippen molar-refractivity contribution in [2.75, 3.05) is 0 Å². The molecule has 2 heteroatoms. The smallest absolute Gasteiger partial charge is 0.0302 e. The number of hydrogen-bond donors (Lipinski definition) is 1. The van der Waals surface area contributed by atoms with Gasteiger partial charge in [0.1, 0.15) is 0 Å². The molecule has 0 aliphatic heterocycles. The minimum atomic E-state index is 0.540. The summed E-state index contributed by atoms with van der Waals surface area (Å²) in [6, 6.07) is 5.11. The number of rotatable bonds is 5. The number of thiophene rings is 1. The van der Waals surface area contributed by atoms with Crippen molar-refractivity contribution in [1.29, 1.82) is 0 Å². The van der Waals surface area contributed by atoms with Gasteiger partial charge in [-0.05, 0) is 48.5 Å². The van der Waals surface area contributed by atoms with Crippen LogP contribution in [0.5, 0.6) is 0 Å². The second-order valence-corrected chi connectivity index (χ2v) is 7.38. The molecule has 0 bridgehead atoms. The van der Waals surface area contributed by atoms with Crippen molar-refractivity contribution in [3.05, 3.63) is 22.4 Å². The van der Waals surface area contributed by atoms with Gasteiger partial charge in [0.15, 0.2) is 0 Å². The van der Waals surface area contributed by atoms with Crippen LogP contribution in [0.4, 0.5) is 0 Å². The largest absolute Gasteiger partial charge is 0.309 e. The molecule has 1 aliphatic rings. The molecule has 1 nitrogen and oxygen atoms in total. The second-order valence-electron chi connectivity index (χ2n) is 6.35. The van der Waals surface area contributed by atoms with Gasteiger partial charge in [-0.15, -0.1) is 11.3 Å². The first-order chi connectivity index (χ1) is 8.62. The molecule has 2 rings (SSSR count). The quantitative estimate of drug-likeness (QED) is 0.804. The summed E-state index contributed by atoms with van der Waals surface area (Å²) in [5, 5.41) is 5.89. The first-order valence-electron chi connectivity index (χ1n) is 7.37. The van der Waals surface area contributed by atoms with Crippen molar-refractivity contribution < 1.29 is 0 Å². The molecule has 0 amide bonds. The van der Waals surface area contributed by atoms with Gasteiger partial charge in [0.25, 0.3) is 0 Å². The predicted octanol–water partition coefficient (Wildman–Crippen LogP) is 4.83. The molecule has 1 N–H and O–H groups in total. The van der Waals surface area contributed by atoms with E-state index in [0.717, 1.165) is 18.5 Å². The summed E-state index contributed by atoms with van der Waals surface area (Å²) in [6.45, 7) is 8.28. The highest BCUT2D eigenvalue weighted by Gasteiger charge is 2.31. The zero-order valence-electron chi connectivity index (χ0n) is 12.0. The van der Waals surface area contributed by atoms with E-state index in [1.807, 2.05) is 11.3 Å². The minimum absolute atomic E-state index is 0.540. The third-order valence-corrected chi connectivity index (χ3v) is 5.77. The maximum atomic E-state index is 3.72. The van der Waals surface area contributed by atoms with Crippen molar-refractivity contribution in [1.82, 2.24) is 5.32 Å².